The summed E-state index contributed by atoms with van der Waals surface area (Å²) in [5, 5.41) is 0. The van der Waals surface area contributed by atoms with Crippen molar-refractivity contribution in [3.63, 3.8) is 0 Å². The van der Waals surface area contributed by atoms with Gasteiger partial charge in [-0.2, -0.15) is 0 Å². The molecule has 2 saturated carbocycles. The van der Waals surface area contributed by atoms with Crippen molar-refractivity contribution in [3.8, 4) is 0 Å². The highest BCUT2D eigenvalue weighted by Crippen LogP contribution is 2.34. The molecular formula is C15H26O3. The van der Waals surface area contributed by atoms with Gasteiger partial charge in [-0.25, -0.2) is 0 Å². The second-order valence-corrected chi connectivity index (χ2v) is 6.18. The quantitative estimate of drug-likeness (QED) is 0.756. The Labute approximate surface area is 110 Å². The first-order valence-corrected chi connectivity index (χ1v) is 7.40. The maximum Gasteiger partial charge on any atom is 0.166 e. The van der Waals surface area contributed by atoms with Gasteiger partial charge >= 0.3 is 0 Å². The van der Waals surface area contributed by atoms with Crippen molar-refractivity contribution in [1.29, 1.82) is 0 Å². The van der Waals surface area contributed by atoms with Gasteiger partial charge in [0.25, 0.3) is 0 Å². The van der Waals surface area contributed by atoms with Gasteiger partial charge in [-0.3, -0.25) is 4.79 Å². The van der Waals surface area contributed by atoms with E-state index in [4.69, 9.17) is 9.47 Å². The molecule has 0 aliphatic heterocycles. The van der Waals surface area contributed by atoms with Crippen LogP contribution >= 0.6 is 0 Å². The predicted octanol–water partition coefficient (Wildman–Crippen LogP) is 2.96. The summed E-state index contributed by atoms with van der Waals surface area (Å²) in [5.74, 6) is 1.69. The third-order valence-corrected chi connectivity index (χ3v) is 4.06. The molecular weight excluding hydrogens is 228 g/mol. The Hall–Kier alpha value is -0.410. The molecule has 0 heterocycles. The van der Waals surface area contributed by atoms with Crippen LogP contribution in [0.1, 0.15) is 52.9 Å². The van der Waals surface area contributed by atoms with E-state index in [1.54, 1.807) is 0 Å². The number of carbonyl (C=O) groups excluding carboxylic acids is 1. The Morgan fingerprint density at radius 3 is 2.39 bits per heavy atom. The molecule has 0 N–H and O–H groups in total. The summed E-state index contributed by atoms with van der Waals surface area (Å²) in [6.07, 6.45) is 5.14. The molecule has 0 aromatic rings. The van der Waals surface area contributed by atoms with E-state index in [9.17, 15) is 4.79 Å². The van der Waals surface area contributed by atoms with Crippen molar-refractivity contribution in [2.24, 2.45) is 11.8 Å². The van der Waals surface area contributed by atoms with Crippen LogP contribution in [0.5, 0.6) is 0 Å². The molecule has 0 bridgehead atoms. The van der Waals surface area contributed by atoms with Crippen molar-refractivity contribution in [1.82, 2.24) is 0 Å². The number of ether oxygens (including phenoxy) is 2. The van der Waals surface area contributed by atoms with Gasteiger partial charge in [0, 0.05) is 13.0 Å². The van der Waals surface area contributed by atoms with Gasteiger partial charge in [-0.1, -0.05) is 20.8 Å². The van der Waals surface area contributed by atoms with Crippen LogP contribution in [0.2, 0.25) is 0 Å². The molecule has 0 amide bonds. The Balaban J connectivity index is 1.80. The van der Waals surface area contributed by atoms with Gasteiger partial charge in [0.1, 0.15) is 6.10 Å². The molecule has 18 heavy (non-hydrogen) atoms. The fraction of sp³-hybridized carbons (Fsp3) is 0.933. The Kier molecular flexibility index (Phi) is 4.79. The van der Waals surface area contributed by atoms with Crippen molar-refractivity contribution in [2.75, 3.05) is 6.61 Å². The number of ketones is 1. The van der Waals surface area contributed by atoms with Crippen molar-refractivity contribution in [3.05, 3.63) is 0 Å². The second kappa shape index (κ2) is 6.16. The van der Waals surface area contributed by atoms with E-state index in [0.29, 0.717) is 19.1 Å². The standard InChI is InChI=1S/C15H26O3/c1-4-5-17-15-13(16)9-14(15)18-12-7-10(2)6-11(3)8-12/h10-12,14-15H,4-9H2,1-3H3. The molecule has 4 atom stereocenters. The van der Waals surface area contributed by atoms with Crippen molar-refractivity contribution >= 4 is 5.78 Å². The second-order valence-electron chi connectivity index (χ2n) is 6.18. The fourth-order valence-electron chi connectivity index (χ4n) is 3.26. The number of hydrogen-bond acceptors (Lipinski definition) is 3. The lowest BCUT2D eigenvalue weighted by Gasteiger charge is -2.40. The minimum atomic E-state index is -0.280. The van der Waals surface area contributed by atoms with E-state index in [0.717, 1.165) is 31.1 Å². The summed E-state index contributed by atoms with van der Waals surface area (Å²) in [4.78, 5) is 11.5. The van der Waals surface area contributed by atoms with Gasteiger partial charge in [0.2, 0.25) is 0 Å². The minimum Gasteiger partial charge on any atom is -0.371 e. The van der Waals surface area contributed by atoms with E-state index in [1.807, 2.05) is 0 Å². The van der Waals surface area contributed by atoms with Gasteiger partial charge in [-0.15, -0.1) is 0 Å². The van der Waals surface area contributed by atoms with Crippen LogP contribution in [0, 0.1) is 11.8 Å². The zero-order valence-electron chi connectivity index (χ0n) is 11.9. The maximum absolute atomic E-state index is 11.5. The van der Waals surface area contributed by atoms with Crippen LogP contribution in [-0.4, -0.2) is 30.7 Å². The van der Waals surface area contributed by atoms with Crippen LogP contribution < -0.4 is 0 Å². The van der Waals surface area contributed by atoms with Gasteiger partial charge in [-0.05, 0) is 37.5 Å². The summed E-state index contributed by atoms with van der Waals surface area (Å²) >= 11 is 0. The van der Waals surface area contributed by atoms with Gasteiger partial charge in [0.05, 0.1) is 12.2 Å². The van der Waals surface area contributed by atoms with Gasteiger partial charge < -0.3 is 9.47 Å². The fourth-order valence-corrected chi connectivity index (χ4v) is 3.26. The molecule has 0 radical (unpaired) electrons. The molecule has 0 aromatic heterocycles. The van der Waals surface area contributed by atoms with Crippen LogP contribution in [0.25, 0.3) is 0 Å². The average molecular weight is 254 g/mol. The molecule has 2 rings (SSSR count). The zero-order valence-corrected chi connectivity index (χ0v) is 11.9. The predicted molar refractivity (Wildman–Crippen MR) is 70.5 cm³/mol. The molecule has 0 saturated heterocycles. The summed E-state index contributed by atoms with van der Waals surface area (Å²) in [6, 6.07) is 0. The van der Waals surface area contributed by atoms with E-state index in [-0.39, 0.29) is 18.0 Å². The summed E-state index contributed by atoms with van der Waals surface area (Å²) in [5.41, 5.74) is 0. The van der Waals surface area contributed by atoms with E-state index < -0.39 is 0 Å². The van der Waals surface area contributed by atoms with Crippen LogP contribution in [0.4, 0.5) is 0 Å². The van der Waals surface area contributed by atoms with E-state index in [1.165, 1.54) is 6.42 Å². The highest BCUT2D eigenvalue weighted by molar-refractivity contribution is 5.90. The molecule has 2 aliphatic rings. The zero-order chi connectivity index (χ0) is 13.1. The van der Waals surface area contributed by atoms with E-state index in [2.05, 4.69) is 20.8 Å². The Morgan fingerprint density at radius 1 is 1.17 bits per heavy atom. The molecule has 104 valence electrons. The molecule has 4 unspecified atom stereocenters. The lowest BCUT2D eigenvalue weighted by Crippen LogP contribution is -2.52. The lowest BCUT2D eigenvalue weighted by molar-refractivity contribution is -0.178. The first-order chi connectivity index (χ1) is 8.60. The Morgan fingerprint density at radius 2 is 1.83 bits per heavy atom. The SMILES string of the molecule is CCCOC1C(=O)CC1OC1CC(C)CC(C)C1. The minimum absolute atomic E-state index is 0.0200. The smallest absolute Gasteiger partial charge is 0.166 e. The third kappa shape index (κ3) is 3.33. The van der Waals surface area contributed by atoms with Gasteiger partial charge in [0.15, 0.2) is 5.78 Å². The average Bonchev–Trinajstić information content (AvgIpc) is 2.27. The number of Topliss-reactive ketones (excluding diaryl/α,β-unsaturated/α-hetero) is 1. The number of hydrogen-bond donors (Lipinski definition) is 0. The first-order valence-electron chi connectivity index (χ1n) is 7.40. The molecule has 0 aromatic carbocycles. The third-order valence-electron chi connectivity index (χ3n) is 4.06. The lowest BCUT2D eigenvalue weighted by atomic mass is 9.81. The summed E-state index contributed by atoms with van der Waals surface area (Å²) in [7, 11) is 0. The van der Waals surface area contributed by atoms with Crippen LogP contribution in [0.3, 0.4) is 0 Å². The highest BCUT2D eigenvalue weighted by atomic mass is 16.6. The molecule has 0 spiro atoms. The monoisotopic (exact) mass is 254 g/mol. The van der Waals surface area contributed by atoms with Crippen molar-refractivity contribution < 1.29 is 14.3 Å². The van der Waals surface area contributed by atoms with Crippen LogP contribution in [-0.2, 0) is 14.3 Å². The molecule has 2 aliphatic carbocycles. The molecule has 3 heteroatoms. The number of rotatable bonds is 5. The first kappa shape index (κ1) is 14.0. The maximum atomic E-state index is 11.5. The molecule has 3 nitrogen and oxygen atoms in total. The van der Waals surface area contributed by atoms with E-state index >= 15 is 0 Å². The number of carbonyl (C=O) groups is 1. The summed E-state index contributed by atoms with van der Waals surface area (Å²) in [6.45, 7) is 7.31. The topological polar surface area (TPSA) is 35.5 Å². The molecule has 2 fully saturated rings. The van der Waals surface area contributed by atoms with Crippen molar-refractivity contribution in [2.45, 2.75) is 71.2 Å². The largest absolute Gasteiger partial charge is 0.371 e. The normalized spacial score (nSPS) is 40.6. The highest BCUT2D eigenvalue weighted by Gasteiger charge is 2.43. The Bertz CT molecular complexity index is 279. The van der Waals surface area contributed by atoms with Crippen LogP contribution in [0.15, 0.2) is 0 Å². The summed E-state index contributed by atoms with van der Waals surface area (Å²) < 4.78 is 11.7.